The number of amides is 1. The van der Waals surface area contributed by atoms with Crippen LogP contribution in [0.15, 0.2) is 18.2 Å². The monoisotopic (exact) mass is 284 g/mol. The molecule has 0 aliphatic rings. The lowest BCUT2D eigenvalue weighted by Gasteiger charge is -2.14. The zero-order valence-electron chi connectivity index (χ0n) is 11.4. The second-order valence-corrected chi connectivity index (χ2v) is 5.00. The number of nitrogens with two attached hydrogens (primary N) is 1. The predicted molar refractivity (Wildman–Crippen MR) is 77.8 cm³/mol. The van der Waals surface area contributed by atoms with Crippen molar-refractivity contribution in [3.8, 4) is 5.75 Å². The Bertz CT molecular complexity index is 422. The molecule has 0 aliphatic heterocycles. The van der Waals surface area contributed by atoms with Gasteiger partial charge in [-0.05, 0) is 51.4 Å². The molecule has 0 heterocycles. The van der Waals surface area contributed by atoms with Crippen molar-refractivity contribution < 1.29 is 9.53 Å². The van der Waals surface area contributed by atoms with Crippen molar-refractivity contribution in [3.63, 3.8) is 0 Å². The zero-order chi connectivity index (χ0) is 14.3. The summed E-state index contributed by atoms with van der Waals surface area (Å²) in [5, 5.41) is 3.36. The summed E-state index contributed by atoms with van der Waals surface area (Å²) < 4.78 is 5.61. The highest BCUT2D eigenvalue weighted by Gasteiger charge is 2.13. The summed E-state index contributed by atoms with van der Waals surface area (Å²) in [7, 11) is 0. The molecule has 0 bridgehead atoms. The Morgan fingerprint density at radius 1 is 1.42 bits per heavy atom. The maximum absolute atomic E-state index is 12.1. The van der Waals surface area contributed by atoms with Crippen molar-refractivity contribution in [2.75, 3.05) is 13.1 Å². The standard InChI is InChI=1S/C14H21ClN2O2/c1-10(2)19-13-6-5-11(15)9-12(13)14(18)17-8-4-3-7-16/h5-6,9-10H,3-4,7-8,16H2,1-2H3,(H,17,18). The van der Waals surface area contributed by atoms with Crippen LogP contribution in [0.3, 0.4) is 0 Å². The molecule has 0 saturated carbocycles. The van der Waals surface area contributed by atoms with Gasteiger partial charge in [0.05, 0.1) is 11.7 Å². The summed E-state index contributed by atoms with van der Waals surface area (Å²) in [5.41, 5.74) is 5.87. The Kier molecular flexibility index (Phi) is 6.67. The summed E-state index contributed by atoms with van der Waals surface area (Å²) in [6.07, 6.45) is 1.76. The lowest BCUT2D eigenvalue weighted by atomic mass is 10.1. The number of hydrogen-bond donors (Lipinski definition) is 2. The molecule has 3 N–H and O–H groups in total. The van der Waals surface area contributed by atoms with Crippen molar-refractivity contribution in [1.29, 1.82) is 0 Å². The molecule has 1 aromatic carbocycles. The van der Waals surface area contributed by atoms with E-state index in [0.29, 0.717) is 29.4 Å². The molecule has 1 aromatic rings. The molecule has 106 valence electrons. The van der Waals surface area contributed by atoms with Gasteiger partial charge in [-0.15, -0.1) is 0 Å². The lowest BCUT2D eigenvalue weighted by Crippen LogP contribution is -2.26. The van der Waals surface area contributed by atoms with Crippen LogP contribution in [-0.2, 0) is 0 Å². The van der Waals surface area contributed by atoms with E-state index in [1.54, 1.807) is 18.2 Å². The fourth-order valence-electron chi connectivity index (χ4n) is 1.60. The molecular weight excluding hydrogens is 264 g/mol. The Morgan fingerprint density at radius 2 is 2.16 bits per heavy atom. The van der Waals surface area contributed by atoms with Gasteiger partial charge in [-0.3, -0.25) is 4.79 Å². The van der Waals surface area contributed by atoms with Crippen LogP contribution in [0.1, 0.15) is 37.0 Å². The van der Waals surface area contributed by atoms with Gasteiger partial charge in [0.1, 0.15) is 5.75 Å². The summed E-state index contributed by atoms with van der Waals surface area (Å²) in [6.45, 7) is 5.06. The SMILES string of the molecule is CC(C)Oc1ccc(Cl)cc1C(=O)NCCCCN. The molecule has 1 rings (SSSR count). The molecule has 0 aliphatic carbocycles. The van der Waals surface area contributed by atoms with E-state index in [1.807, 2.05) is 13.8 Å². The van der Waals surface area contributed by atoms with Gasteiger partial charge in [0.2, 0.25) is 0 Å². The van der Waals surface area contributed by atoms with Crippen molar-refractivity contribution in [2.24, 2.45) is 5.73 Å². The minimum atomic E-state index is -0.171. The van der Waals surface area contributed by atoms with Gasteiger partial charge >= 0.3 is 0 Å². The van der Waals surface area contributed by atoms with E-state index >= 15 is 0 Å². The van der Waals surface area contributed by atoms with Gasteiger partial charge in [-0.25, -0.2) is 0 Å². The van der Waals surface area contributed by atoms with Crippen molar-refractivity contribution in [2.45, 2.75) is 32.8 Å². The number of unbranched alkanes of at least 4 members (excludes halogenated alkanes) is 1. The minimum absolute atomic E-state index is 0.00460. The molecule has 4 nitrogen and oxygen atoms in total. The van der Waals surface area contributed by atoms with Crippen LogP contribution in [0.25, 0.3) is 0 Å². The quantitative estimate of drug-likeness (QED) is 0.757. The van der Waals surface area contributed by atoms with E-state index in [9.17, 15) is 4.79 Å². The van der Waals surface area contributed by atoms with Crippen LogP contribution >= 0.6 is 11.6 Å². The largest absolute Gasteiger partial charge is 0.490 e. The van der Waals surface area contributed by atoms with E-state index in [-0.39, 0.29) is 12.0 Å². The third kappa shape index (κ3) is 5.49. The summed E-state index contributed by atoms with van der Waals surface area (Å²) in [6, 6.07) is 5.05. The number of rotatable bonds is 7. The Morgan fingerprint density at radius 3 is 2.79 bits per heavy atom. The van der Waals surface area contributed by atoms with Gasteiger partial charge in [0.15, 0.2) is 0 Å². The molecule has 0 fully saturated rings. The fraction of sp³-hybridized carbons (Fsp3) is 0.500. The third-order valence-corrected chi connectivity index (χ3v) is 2.70. The molecule has 19 heavy (non-hydrogen) atoms. The van der Waals surface area contributed by atoms with E-state index in [4.69, 9.17) is 22.1 Å². The number of hydrogen-bond acceptors (Lipinski definition) is 3. The Hall–Kier alpha value is -1.26. The normalized spacial score (nSPS) is 10.6. The topological polar surface area (TPSA) is 64.3 Å². The zero-order valence-corrected chi connectivity index (χ0v) is 12.2. The van der Waals surface area contributed by atoms with Crippen molar-refractivity contribution in [3.05, 3.63) is 28.8 Å². The summed E-state index contributed by atoms with van der Waals surface area (Å²) >= 11 is 5.93. The Balaban J connectivity index is 2.73. The highest BCUT2D eigenvalue weighted by molar-refractivity contribution is 6.31. The van der Waals surface area contributed by atoms with Crippen LogP contribution in [0, 0.1) is 0 Å². The van der Waals surface area contributed by atoms with Gasteiger partial charge < -0.3 is 15.8 Å². The number of halogens is 1. The fourth-order valence-corrected chi connectivity index (χ4v) is 1.77. The molecule has 0 aromatic heterocycles. The summed E-state index contributed by atoms with van der Waals surface area (Å²) in [5.74, 6) is 0.380. The van der Waals surface area contributed by atoms with Gasteiger partial charge in [-0.2, -0.15) is 0 Å². The summed E-state index contributed by atoms with van der Waals surface area (Å²) in [4.78, 5) is 12.1. The highest BCUT2D eigenvalue weighted by atomic mass is 35.5. The van der Waals surface area contributed by atoms with Crippen molar-refractivity contribution >= 4 is 17.5 Å². The van der Waals surface area contributed by atoms with E-state index in [2.05, 4.69) is 5.32 Å². The molecule has 0 saturated heterocycles. The molecule has 0 spiro atoms. The Labute approximate surface area is 119 Å². The first-order chi connectivity index (χ1) is 9.04. The van der Waals surface area contributed by atoms with Crippen LogP contribution < -0.4 is 15.8 Å². The smallest absolute Gasteiger partial charge is 0.255 e. The highest BCUT2D eigenvalue weighted by Crippen LogP contribution is 2.23. The molecule has 0 atom stereocenters. The second kappa shape index (κ2) is 8.02. The minimum Gasteiger partial charge on any atom is -0.490 e. The average molecular weight is 285 g/mol. The first kappa shape index (κ1) is 15.8. The predicted octanol–water partition coefficient (Wildman–Crippen LogP) is 2.60. The van der Waals surface area contributed by atoms with Gasteiger partial charge in [0, 0.05) is 11.6 Å². The van der Waals surface area contributed by atoms with E-state index < -0.39 is 0 Å². The first-order valence-corrected chi connectivity index (χ1v) is 6.87. The first-order valence-electron chi connectivity index (χ1n) is 6.49. The molecule has 1 amide bonds. The van der Waals surface area contributed by atoms with Gasteiger partial charge in [-0.1, -0.05) is 11.6 Å². The third-order valence-electron chi connectivity index (χ3n) is 2.47. The van der Waals surface area contributed by atoms with Crippen LogP contribution in [-0.4, -0.2) is 25.1 Å². The second-order valence-electron chi connectivity index (χ2n) is 4.56. The van der Waals surface area contributed by atoms with Crippen LogP contribution in [0.4, 0.5) is 0 Å². The molecule has 0 unspecified atom stereocenters. The van der Waals surface area contributed by atoms with Gasteiger partial charge in [0.25, 0.3) is 5.91 Å². The number of ether oxygens (including phenoxy) is 1. The number of carbonyl (C=O) groups is 1. The van der Waals surface area contributed by atoms with E-state index in [0.717, 1.165) is 12.8 Å². The maximum atomic E-state index is 12.1. The number of carbonyl (C=O) groups excluding carboxylic acids is 1. The van der Waals surface area contributed by atoms with Crippen LogP contribution in [0.2, 0.25) is 5.02 Å². The molecule has 5 heteroatoms. The average Bonchev–Trinajstić information content (AvgIpc) is 2.36. The maximum Gasteiger partial charge on any atom is 0.255 e. The molecular formula is C14H21ClN2O2. The van der Waals surface area contributed by atoms with Crippen molar-refractivity contribution in [1.82, 2.24) is 5.32 Å². The lowest BCUT2D eigenvalue weighted by molar-refractivity contribution is 0.0947. The number of benzene rings is 1. The van der Waals surface area contributed by atoms with E-state index in [1.165, 1.54) is 0 Å². The van der Waals surface area contributed by atoms with Crippen LogP contribution in [0.5, 0.6) is 5.75 Å². The molecule has 0 radical (unpaired) electrons. The number of nitrogens with one attached hydrogen (secondary N) is 1.